The number of hydrogen-bond donors (Lipinski definition) is 2. The van der Waals surface area contributed by atoms with Gasteiger partial charge >= 0.3 is 0 Å². The van der Waals surface area contributed by atoms with Gasteiger partial charge in [-0.05, 0) is 39.7 Å². The van der Waals surface area contributed by atoms with Gasteiger partial charge in [-0.25, -0.2) is 0 Å². The van der Waals surface area contributed by atoms with Crippen LogP contribution in [-0.2, 0) is 13.1 Å². The number of aliphatic hydroxyl groups excluding tert-OH is 1. The molecule has 1 aromatic rings. The van der Waals surface area contributed by atoms with Crippen molar-refractivity contribution in [1.29, 1.82) is 0 Å². The number of hydrogen-bond acceptors (Lipinski definition) is 3. The van der Waals surface area contributed by atoms with Gasteiger partial charge in [-0.15, -0.1) is 0 Å². The number of rotatable bonds is 8. The summed E-state index contributed by atoms with van der Waals surface area (Å²) < 4.78 is 2.05. The van der Waals surface area contributed by atoms with Gasteiger partial charge in [-0.1, -0.05) is 13.3 Å². The maximum Gasteiger partial charge on any atom is 0.0641 e. The Bertz CT molecular complexity index is 360. The van der Waals surface area contributed by atoms with Gasteiger partial charge in [0.25, 0.3) is 0 Å². The normalized spacial score (nSPS) is 12.9. The van der Waals surface area contributed by atoms with Crippen molar-refractivity contribution in [3.63, 3.8) is 0 Å². The fourth-order valence-electron chi connectivity index (χ4n) is 2.33. The lowest BCUT2D eigenvalue weighted by atomic mass is 10.0. The van der Waals surface area contributed by atoms with Crippen LogP contribution in [0.4, 0.5) is 0 Å². The first-order chi connectivity index (χ1) is 8.63. The van der Waals surface area contributed by atoms with Crippen LogP contribution in [0.25, 0.3) is 0 Å². The molecular formula is C14H27N3O. The van der Waals surface area contributed by atoms with E-state index in [-0.39, 0.29) is 6.61 Å². The van der Waals surface area contributed by atoms with E-state index in [9.17, 15) is 0 Å². The second-order valence-corrected chi connectivity index (χ2v) is 4.88. The fraction of sp³-hybridized carbons (Fsp3) is 0.786. The highest BCUT2D eigenvalue weighted by atomic mass is 16.3. The summed E-state index contributed by atoms with van der Waals surface area (Å²) >= 11 is 0. The molecule has 0 spiro atoms. The molecule has 0 radical (unpaired) electrons. The zero-order valence-electron chi connectivity index (χ0n) is 12.2. The van der Waals surface area contributed by atoms with Crippen LogP contribution in [-0.4, -0.2) is 28.0 Å². The van der Waals surface area contributed by atoms with E-state index in [1.807, 2.05) is 0 Å². The van der Waals surface area contributed by atoms with Crippen molar-refractivity contribution in [1.82, 2.24) is 15.1 Å². The average molecular weight is 253 g/mol. The van der Waals surface area contributed by atoms with Gasteiger partial charge in [-0.3, -0.25) is 4.68 Å². The van der Waals surface area contributed by atoms with Crippen molar-refractivity contribution in [2.45, 2.75) is 53.6 Å². The second-order valence-electron chi connectivity index (χ2n) is 4.88. The van der Waals surface area contributed by atoms with E-state index < -0.39 is 0 Å². The van der Waals surface area contributed by atoms with E-state index in [1.165, 1.54) is 11.3 Å². The molecule has 0 aromatic carbocycles. The highest BCUT2D eigenvalue weighted by Gasteiger charge is 2.11. The Morgan fingerprint density at radius 3 is 2.56 bits per heavy atom. The summed E-state index contributed by atoms with van der Waals surface area (Å²) in [5, 5.41) is 17.0. The van der Waals surface area contributed by atoms with Gasteiger partial charge in [-0.2, -0.15) is 5.10 Å². The van der Waals surface area contributed by atoms with Gasteiger partial charge in [0.1, 0.15) is 0 Å². The third-order valence-corrected chi connectivity index (χ3v) is 3.68. The number of aliphatic hydroxyl groups is 1. The molecule has 1 atom stereocenters. The molecule has 1 unspecified atom stereocenters. The smallest absolute Gasteiger partial charge is 0.0641 e. The Morgan fingerprint density at radius 1 is 1.33 bits per heavy atom. The molecule has 0 bridgehead atoms. The highest BCUT2D eigenvalue weighted by molar-refractivity contribution is 5.24. The Kier molecular flexibility index (Phi) is 6.36. The molecule has 0 aliphatic rings. The maximum atomic E-state index is 8.97. The molecule has 0 saturated heterocycles. The maximum absolute atomic E-state index is 8.97. The van der Waals surface area contributed by atoms with Gasteiger partial charge in [0.05, 0.1) is 5.69 Å². The number of nitrogens with one attached hydrogen (secondary N) is 1. The predicted octanol–water partition coefficient (Wildman–Crippen LogP) is 2.02. The Morgan fingerprint density at radius 2 is 2.06 bits per heavy atom. The molecule has 4 heteroatoms. The van der Waals surface area contributed by atoms with Crippen molar-refractivity contribution < 1.29 is 5.11 Å². The molecule has 18 heavy (non-hydrogen) atoms. The van der Waals surface area contributed by atoms with Crippen molar-refractivity contribution in [3.05, 3.63) is 17.0 Å². The first kappa shape index (κ1) is 15.2. The van der Waals surface area contributed by atoms with Gasteiger partial charge in [0.15, 0.2) is 0 Å². The molecular weight excluding hydrogens is 226 g/mol. The molecule has 0 fully saturated rings. The summed E-state index contributed by atoms with van der Waals surface area (Å²) in [5.41, 5.74) is 3.70. The van der Waals surface area contributed by atoms with E-state index in [4.69, 9.17) is 5.11 Å². The zero-order chi connectivity index (χ0) is 13.5. The summed E-state index contributed by atoms with van der Waals surface area (Å²) in [7, 11) is 0. The summed E-state index contributed by atoms with van der Waals surface area (Å²) in [6.45, 7) is 11.5. The van der Waals surface area contributed by atoms with Crippen LogP contribution in [0.15, 0.2) is 0 Å². The van der Waals surface area contributed by atoms with Crippen LogP contribution in [0.1, 0.15) is 43.6 Å². The molecule has 1 rings (SSSR count). The van der Waals surface area contributed by atoms with Crippen LogP contribution in [0.2, 0.25) is 0 Å². The first-order valence-electron chi connectivity index (χ1n) is 6.98. The Balaban J connectivity index is 2.50. The van der Waals surface area contributed by atoms with Crippen molar-refractivity contribution in [3.8, 4) is 0 Å². The lowest BCUT2D eigenvalue weighted by Gasteiger charge is -2.14. The van der Waals surface area contributed by atoms with E-state index in [0.29, 0.717) is 5.92 Å². The van der Waals surface area contributed by atoms with Gasteiger partial charge < -0.3 is 10.4 Å². The SMILES string of the molecule is CCC(CCO)CNCc1c(C)nn(CC)c1C. The first-order valence-corrected chi connectivity index (χ1v) is 6.98. The Labute approximate surface area is 110 Å². The second kappa shape index (κ2) is 7.54. The number of aromatic nitrogens is 2. The minimum absolute atomic E-state index is 0.284. The van der Waals surface area contributed by atoms with E-state index in [1.54, 1.807) is 0 Å². The molecule has 1 aromatic heterocycles. The predicted molar refractivity (Wildman–Crippen MR) is 74.6 cm³/mol. The van der Waals surface area contributed by atoms with E-state index in [2.05, 4.69) is 42.8 Å². The summed E-state index contributed by atoms with van der Waals surface area (Å²) in [5.74, 6) is 0.567. The van der Waals surface area contributed by atoms with Crippen LogP contribution in [0.3, 0.4) is 0 Å². The molecule has 0 amide bonds. The molecule has 0 saturated carbocycles. The van der Waals surface area contributed by atoms with Gasteiger partial charge in [0.2, 0.25) is 0 Å². The molecule has 4 nitrogen and oxygen atoms in total. The molecule has 104 valence electrons. The molecule has 0 aliphatic carbocycles. The Hall–Kier alpha value is -0.870. The lowest BCUT2D eigenvalue weighted by molar-refractivity contribution is 0.251. The summed E-state index contributed by atoms with van der Waals surface area (Å²) in [6, 6.07) is 0. The van der Waals surface area contributed by atoms with Crippen molar-refractivity contribution >= 4 is 0 Å². The van der Waals surface area contributed by atoms with Crippen LogP contribution >= 0.6 is 0 Å². The number of nitrogens with zero attached hydrogens (tertiary/aromatic N) is 2. The van der Waals surface area contributed by atoms with Gasteiger partial charge in [0, 0.05) is 31.0 Å². The fourth-order valence-corrected chi connectivity index (χ4v) is 2.33. The average Bonchev–Trinajstić information content (AvgIpc) is 2.64. The largest absolute Gasteiger partial charge is 0.396 e. The lowest BCUT2D eigenvalue weighted by Crippen LogP contribution is -2.23. The monoisotopic (exact) mass is 253 g/mol. The topological polar surface area (TPSA) is 50.1 Å². The van der Waals surface area contributed by atoms with Crippen LogP contribution < -0.4 is 5.32 Å². The van der Waals surface area contributed by atoms with Crippen molar-refractivity contribution in [2.75, 3.05) is 13.2 Å². The highest BCUT2D eigenvalue weighted by Crippen LogP contribution is 2.13. The standard InChI is InChI=1S/C14H27N3O/c1-5-13(7-8-18)9-15-10-14-11(3)16-17(6-2)12(14)4/h13,15,18H,5-10H2,1-4H3. The number of aryl methyl sites for hydroxylation is 2. The van der Waals surface area contributed by atoms with E-state index in [0.717, 1.165) is 38.2 Å². The summed E-state index contributed by atoms with van der Waals surface area (Å²) in [6.07, 6.45) is 2.00. The molecule has 2 N–H and O–H groups in total. The quantitative estimate of drug-likeness (QED) is 0.745. The third-order valence-electron chi connectivity index (χ3n) is 3.68. The third kappa shape index (κ3) is 3.82. The molecule has 0 aliphatic heterocycles. The van der Waals surface area contributed by atoms with E-state index >= 15 is 0 Å². The van der Waals surface area contributed by atoms with Crippen molar-refractivity contribution in [2.24, 2.45) is 5.92 Å². The van der Waals surface area contributed by atoms with Crippen LogP contribution in [0.5, 0.6) is 0 Å². The zero-order valence-corrected chi connectivity index (χ0v) is 12.2. The minimum atomic E-state index is 0.284. The van der Waals surface area contributed by atoms with Crippen LogP contribution in [0, 0.1) is 19.8 Å². The summed E-state index contributed by atoms with van der Waals surface area (Å²) in [4.78, 5) is 0. The molecule has 1 heterocycles. The minimum Gasteiger partial charge on any atom is -0.396 e.